The number of aromatic nitrogens is 5. The van der Waals surface area contributed by atoms with E-state index in [0.29, 0.717) is 18.1 Å². The molecule has 1 aliphatic rings. The second kappa shape index (κ2) is 6.79. The van der Waals surface area contributed by atoms with Gasteiger partial charge < -0.3 is 9.84 Å². The van der Waals surface area contributed by atoms with Gasteiger partial charge in [0, 0.05) is 41.8 Å². The molecular formula is C17H17ClN6OS. The Balaban J connectivity index is 0.00000168. The van der Waals surface area contributed by atoms with E-state index in [1.54, 1.807) is 11.3 Å². The fourth-order valence-corrected chi connectivity index (χ4v) is 4.03. The third-order valence-corrected chi connectivity index (χ3v) is 5.27. The highest BCUT2D eigenvalue weighted by Crippen LogP contribution is 2.28. The van der Waals surface area contributed by atoms with E-state index in [1.165, 1.54) is 11.1 Å². The van der Waals surface area contributed by atoms with E-state index in [1.807, 2.05) is 35.3 Å². The Morgan fingerprint density at radius 2 is 2.27 bits per heavy atom. The van der Waals surface area contributed by atoms with Crippen molar-refractivity contribution in [2.24, 2.45) is 0 Å². The smallest absolute Gasteiger partial charge is 0.233 e. The van der Waals surface area contributed by atoms with Crippen LogP contribution in [0.1, 0.15) is 28.4 Å². The third-order valence-electron chi connectivity index (χ3n) is 4.50. The number of fused-ring (bicyclic) bond motifs is 2. The zero-order valence-electron chi connectivity index (χ0n) is 14.1. The Hall–Kier alpha value is -2.29. The average molecular weight is 389 g/mol. The van der Waals surface area contributed by atoms with E-state index in [-0.39, 0.29) is 12.4 Å². The summed E-state index contributed by atoms with van der Waals surface area (Å²) in [5.41, 5.74) is 5.38. The highest BCUT2D eigenvalue weighted by molar-refractivity contribution is 7.15. The molecule has 0 bridgehead atoms. The highest BCUT2D eigenvalue weighted by Gasteiger charge is 2.21. The molecule has 0 fully saturated rings. The number of imidazole rings is 1. The molecule has 7 nitrogen and oxygen atoms in total. The standard InChI is InChI=1S/C17H16N6OS.ClH/c1-10-15(13-2-3-18-7-11(13)8-19-10)16-21-14(24-22-16)6-12-9-23-4-5-25-17(23)20-12;/h4-5,8-9,18H,2-3,6-7H2,1H3;1H. The average Bonchev–Trinajstić information content (AvgIpc) is 3.31. The fraction of sp³-hybridized carbons (Fsp3) is 0.294. The van der Waals surface area contributed by atoms with Crippen molar-refractivity contribution in [3.63, 3.8) is 0 Å². The summed E-state index contributed by atoms with van der Waals surface area (Å²) in [6, 6.07) is 0. The number of thiazole rings is 1. The summed E-state index contributed by atoms with van der Waals surface area (Å²) >= 11 is 1.61. The molecule has 5 rings (SSSR count). The third kappa shape index (κ3) is 2.90. The summed E-state index contributed by atoms with van der Waals surface area (Å²) in [7, 11) is 0. The number of halogens is 1. The molecule has 0 radical (unpaired) electrons. The molecule has 0 amide bonds. The number of aryl methyl sites for hydroxylation is 1. The van der Waals surface area contributed by atoms with Crippen LogP contribution < -0.4 is 5.32 Å². The molecular weight excluding hydrogens is 372 g/mol. The Bertz CT molecular complexity index is 1040. The van der Waals surface area contributed by atoms with Gasteiger partial charge in [-0.15, -0.1) is 23.7 Å². The number of nitrogens with zero attached hydrogens (tertiary/aromatic N) is 5. The first-order valence-corrected chi connectivity index (χ1v) is 9.08. The van der Waals surface area contributed by atoms with Crippen LogP contribution in [-0.4, -0.2) is 31.1 Å². The molecule has 0 aliphatic carbocycles. The van der Waals surface area contributed by atoms with Crippen LogP contribution in [0.2, 0.25) is 0 Å². The minimum atomic E-state index is 0. The molecule has 5 heterocycles. The number of pyridine rings is 1. The maximum atomic E-state index is 5.49. The molecule has 9 heteroatoms. The van der Waals surface area contributed by atoms with Gasteiger partial charge >= 0.3 is 0 Å². The van der Waals surface area contributed by atoms with Crippen LogP contribution in [0.25, 0.3) is 16.3 Å². The largest absolute Gasteiger partial charge is 0.339 e. The maximum Gasteiger partial charge on any atom is 0.233 e. The van der Waals surface area contributed by atoms with Crippen molar-refractivity contribution in [3.8, 4) is 11.4 Å². The Kier molecular flexibility index (Phi) is 4.47. The van der Waals surface area contributed by atoms with Gasteiger partial charge in [0.25, 0.3) is 0 Å². The molecule has 4 aromatic heterocycles. The van der Waals surface area contributed by atoms with Crippen molar-refractivity contribution >= 4 is 28.7 Å². The molecule has 0 aromatic carbocycles. The first-order chi connectivity index (χ1) is 12.3. The normalized spacial score (nSPS) is 13.6. The number of hydrogen-bond acceptors (Lipinski definition) is 7. The van der Waals surface area contributed by atoms with Gasteiger partial charge in [0.15, 0.2) is 4.96 Å². The van der Waals surface area contributed by atoms with Crippen LogP contribution in [0, 0.1) is 6.92 Å². The second-order valence-corrected chi connectivity index (χ2v) is 7.04. The quantitative estimate of drug-likeness (QED) is 0.581. The van der Waals surface area contributed by atoms with E-state index in [9.17, 15) is 0 Å². The highest BCUT2D eigenvalue weighted by atomic mass is 35.5. The maximum absolute atomic E-state index is 5.49. The second-order valence-electron chi connectivity index (χ2n) is 6.16. The predicted molar refractivity (Wildman–Crippen MR) is 101 cm³/mol. The summed E-state index contributed by atoms with van der Waals surface area (Å²) in [4.78, 5) is 14.7. The van der Waals surface area contributed by atoms with Gasteiger partial charge in [-0.25, -0.2) is 4.98 Å². The van der Waals surface area contributed by atoms with Crippen molar-refractivity contribution in [2.45, 2.75) is 26.3 Å². The van der Waals surface area contributed by atoms with E-state index in [2.05, 4.69) is 25.4 Å². The van der Waals surface area contributed by atoms with Crippen molar-refractivity contribution in [1.29, 1.82) is 0 Å². The van der Waals surface area contributed by atoms with Gasteiger partial charge in [-0.1, -0.05) is 5.16 Å². The van der Waals surface area contributed by atoms with Gasteiger partial charge in [0.2, 0.25) is 11.7 Å². The number of nitrogens with one attached hydrogen (secondary N) is 1. The van der Waals surface area contributed by atoms with E-state index in [0.717, 1.165) is 41.4 Å². The lowest BCUT2D eigenvalue weighted by Gasteiger charge is -2.19. The molecule has 0 saturated heterocycles. The van der Waals surface area contributed by atoms with Crippen molar-refractivity contribution in [2.75, 3.05) is 6.54 Å². The van der Waals surface area contributed by atoms with E-state index >= 15 is 0 Å². The first-order valence-electron chi connectivity index (χ1n) is 8.20. The van der Waals surface area contributed by atoms with Crippen molar-refractivity contribution < 1.29 is 4.52 Å². The van der Waals surface area contributed by atoms with E-state index < -0.39 is 0 Å². The molecule has 1 N–H and O–H groups in total. The lowest BCUT2D eigenvalue weighted by Crippen LogP contribution is -2.24. The Labute approximate surface area is 159 Å². The van der Waals surface area contributed by atoms with Gasteiger partial charge in [0.1, 0.15) is 0 Å². The summed E-state index contributed by atoms with van der Waals surface area (Å²) in [6.45, 7) is 3.79. The molecule has 0 atom stereocenters. The first kappa shape index (κ1) is 17.1. The van der Waals surface area contributed by atoms with Crippen LogP contribution in [-0.2, 0) is 19.4 Å². The van der Waals surface area contributed by atoms with Gasteiger partial charge in [-0.2, -0.15) is 4.98 Å². The van der Waals surface area contributed by atoms with Crippen molar-refractivity contribution in [1.82, 2.24) is 29.8 Å². The number of hydrogen-bond donors (Lipinski definition) is 1. The summed E-state index contributed by atoms with van der Waals surface area (Å²) < 4.78 is 7.50. The van der Waals surface area contributed by atoms with Crippen LogP contribution in [0.15, 0.2) is 28.5 Å². The lowest BCUT2D eigenvalue weighted by atomic mass is 9.95. The zero-order valence-corrected chi connectivity index (χ0v) is 15.7. The zero-order chi connectivity index (χ0) is 16.8. The van der Waals surface area contributed by atoms with Crippen LogP contribution in [0.3, 0.4) is 0 Å². The molecule has 1 aliphatic heterocycles. The Morgan fingerprint density at radius 1 is 1.35 bits per heavy atom. The molecule has 0 saturated carbocycles. The minimum Gasteiger partial charge on any atom is -0.339 e. The minimum absolute atomic E-state index is 0. The summed E-state index contributed by atoms with van der Waals surface area (Å²) in [5.74, 6) is 1.20. The van der Waals surface area contributed by atoms with Crippen molar-refractivity contribution in [3.05, 3.63) is 52.4 Å². The van der Waals surface area contributed by atoms with Gasteiger partial charge in [0.05, 0.1) is 12.1 Å². The molecule has 0 unspecified atom stereocenters. The topological polar surface area (TPSA) is 81.1 Å². The number of rotatable bonds is 3. The molecule has 0 spiro atoms. The summed E-state index contributed by atoms with van der Waals surface area (Å²) in [6.07, 6.45) is 7.42. The Morgan fingerprint density at radius 3 is 3.15 bits per heavy atom. The van der Waals surface area contributed by atoms with Crippen LogP contribution >= 0.6 is 23.7 Å². The molecule has 26 heavy (non-hydrogen) atoms. The van der Waals surface area contributed by atoms with Gasteiger partial charge in [-0.05, 0) is 31.0 Å². The van der Waals surface area contributed by atoms with E-state index in [4.69, 9.17) is 4.52 Å². The molecule has 4 aromatic rings. The SMILES string of the molecule is Cc1ncc2c(c1-c1noc(Cc3cn4ccsc4n3)n1)CCNC2.Cl. The predicted octanol–water partition coefficient (Wildman–Crippen LogP) is 2.81. The van der Waals surface area contributed by atoms with Crippen LogP contribution in [0.5, 0.6) is 0 Å². The van der Waals surface area contributed by atoms with Gasteiger partial charge in [-0.3, -0.25) is 9.38 Å². The van der Waals surface area contributed by atoms with Crippen LogP contribution in [0.4, 0.5) is 0 Å². The molecule has 134 valence electrons. The lowest BCUT2D eigenvalue weighted by molar-refractivity contribution is 0.385. The monoisotopic (exact) mass is 388 g/mol. The summed E-state index contributed by atoms with van der Waals surface area (Å²) in [5, 5.41) is 9.60. The fourth-order valence-electron chi connectivity index (χ4n) is 3.31.